The number of rotatable bonds is 4. The van der Waals surface area contributed by atoms with Crippen LogP contribution in [0, 0.1) is 0 Å². The molecule has 7 heteroatoms. The molecule has 0 N–H and O–H groups in total. The zero-order chi connectivity index (χ0) is 16.5. The van der Waals surface area contributed by atoms with Crippen molar-refractivity contribution in [3.8, 4) is 17.1 Å². The third-order valence-electron chi connectivity index (χ3n) is 3.63. The highest BCUT2D eigenvalue weighted by Crippen LogP contribution is 2.25. The third kappa shape index (κ3) is 2.86. The van der Waals surface area contributed by atoms with Crippen molar-refractivity contribution in [1.82, 2.24) is 19.8 Å². The lowest BCUT2D eigenvalue weighted by atomic mass is 10.2. The highest BCUT2D eigenvalue weighted by molar-refractivity contribution is 7.16. The maximum Gasteiger partial charge on any atom is 0.234 e. The van der Waals surface area contributed by atoms with Gasteiger partial charge >= 0.3 is 0 Å². The molecule has 0 unspecified atom stereocenters. The Hall–Kier alpha value is -2.44. The molecule has 0 atom stereocenters. The second kappa shape index (κ2) is 6.22. The first-order chi connectivity index (χ1) is 11.7. The summed E-state index contributed by atoms with van der Waals surface area (Å²) in [5.41, 5.74) is 2.07. The zero-order valence-corrected chi connectivity index (χ0v) is 14.4. The number of halogens is 1. The van der Waals surface area contributed by atoms with E-state index in [2.05, 4.69) is 15.3 Å². The molecule has 0 spiro atoms. The van der Waals surface area contributed by atoms with Crippen molar-refractivity contribution in [2.75, 3.05) is 7.11 Å². The summed E-state index contributed by atoms with van der Waals surface area (Å²) in [7, 11) is 1.65. The maximum atomic E-state index is 6.04. The molecule has 2 heterocycles. The number of methoxy groups -OCH3 is 1. The van der Waals surface area contributed by atoms with Crippen LogP contribution in [0.15, 0.2) is 48.5 Å². The number of aromatic nitrogens is 4. The highest BCUT2D eigenvalue weighted by Gasteiger charge is 2.13. The van der Waals surface area contributed by atoms with Crippen molar-refractivity contribution in [2.45, 2.75) is 6.42 Å². The molecule has 4 rings (SSSR count). The molecule has 2 aromatic heterocycles. The van der Waals surface area contributed by atoms with E-state index in [4.69, 9.17) is 16.3 Å². The molecule has 0 saturated heterocycles. The van der Waals surface area contributed by atoms with E-state index in [1.807, 2.05) is 48.5 Å². The largest absolute Gasteiger partial charge is 0.497 e. The average molecular weight is 357 g/mol. The Morgan fingerprint density at radius 2 is 1.96 bits per heavy atom. The summed E-state index contributed by atoms with van der Waals surface area (Å²) >= 11 is 7.58. The van der Waals surface area contributed by atoms with Crippen LogP contribution in [0.3, 0.4) is 0 Å². The van der Waals surface area contributed by atoms with Crippen LogP contribution >= 0.6 is 22.9 Å². The predicted molar refractivity (Wildman–Crippen MR) is 94.9 cm³/mol. The molecule has 0 aliphatic heterocycles. The molecule has 2 aromatic carbocycles. The molecule has 0 saturated carbocycles. The monoisotopic (exact) mass is 356 g/mol. The summed E-state index contributed by atoms with van der Waals surface area (Å²) in [6.07, 6.45) is 0.719. The molecule has 4 aromatic rings. The lowest BCUT2D eigenvalue weighted by Gasteiger charge is -2.01. The van der Waals surface area contributed by atoms with Gasteiger partial charge in [0.2, 0.25) is 4.96 Å². The van der Waals surface area contributed by atoms with E-state index in [0.717, 1.165) is 44.1 Å². The van der Waals surface area contributed by atoms with Gasteiger partial charge in [-0.1, -0.05) is 35.1 Å². The van der Waals surface area contributed by atoms with Crippen molar-refractivity contribution in [3.63, 3.8) is 0 Å². The Kier molecular flexibility index (Phi) is 3.92. The summed E-state index contributed by atoms with van der Waals surface area (Å²) in [6.45, 7) is 0. The van der Waals surface area contributed by atoms with Gasteiger partial charge in [0.1, 0.15) is 10.8 Å². The molecule has 0 aliphatic rings. The Morgan fingerprint density at radius 1 is 1.12 bits per heavy atom. The van der Waals surface area contributed by atoms with Gasteiger partial charge in [-0.05, 0) is 42.0 Å². The van der Waals surface area contributed by atoms with Crippen molar-refractivity contribution in [2.24, 2.45) is 0 Å². The third-order valence-corrected chi connectivity index (χ3v) is 4.76. The zero-order valence-electron chi connectivity index (χ0n) is 12.8. The maximum absolute atomic E-state index is 6.04. The summed E-state index contributed by atoms with van der Waals surface area (Å²) in [6, 6.07) is 15.5. The van der Waals surface area contributed by atoms with Gasteiger partial charge in [0.05, 0.1) is 7.11 Å². The number of fused-ring (bicyclic) bond motifs is 1. The van der Waals surface area contributed by atoms with Crippen LogP contribution in [0.5, 0.6) is 5.75 Å². The van der Waals surface area contributed by atoms with Crippen LogP contribution in [0.2, 0.25) is 5.02 Å². The number of hydrogen-bond acceptors (Lipinski definition) is 5. The predicted octanol–water partition coefficient (Wildman–Crippen LogP) is 4.11. The lowest BCUT2D eigenvalue weighted by molar-refractivity contribution is 0.415. The van der Waals surface area contributed by atoms with Gasteiger partial charge in [0.15, 0.2) is 5.82 Å². The van der Waals surface area contributed by atoms with E-state index in [-0.39, 0.29) is 0 Å². The summed E-state index contributed by atoms with van der Waals surface area (Å²) in [5.74, 6) is 1.53. The van der Waals surface area contributed by atoms with Gasteiger partial charge in [-0.2, -0.15) is 9.61 Å². The van der Waals surface area contributed by atoms with Gasteiger partial charge in [-0.25, -0.2) is 0 Å². The van der Waals surface area contributed by atoms with Gasteiger partial charge in [0.25, 0.3) is 0 Å². The van der Waals surface area contributed by atoms with Crippen molar-refractivity contribution < 1.29 is 4.74 Å². The smallest absolute Gasteiger partial charge is 0.234 e. The topological polar surface area (TPSA) is 52.3 Å². The molecule has 0 bridgehead atoms. The van der Waals surface area contributed by atoms with E-state index in [1.54, 1.807) is 11.6 Å². The molecule has 24 heavy (non-hydrogen) atoms. The van der Waals surface area contributed by atoms with E-state index in [1.165, 1.54) is 11.3 Å². The Morgan fingerprint density at radius 3 is 2.71 bits per heavy atom. The quantitative estimate of drug-likeness (QED) is 0.552. The fraction of sp³-hybridized carbons (Fsp3) is 0.118. The molecule has 0 amide bonds. The standard InChI is InChI=1S/C17H13ClN4OS/c1-23-14-7-5-12(6-8-14)16-19-20-17-22(16)21-15(24-17)10-11-3-2-4-13(18)9-11/h2-9H,10H2,1H3. The number of nitrogens with zero attached hydrogens (tertiary/aromatic N) is 4. The molecule has 5 nitrogen and oxygen atoms in total. The minimum Gasteiger partial charge on any atom is -0.497 e. The first-order valence-electron chi connectivity index (χ1n) is 7.33. The number of benzene rings is 2. The fourth-order valence-corrected chi connectivity index (χ4v) is 3.55. The summed E-state index contributed by atoms with van der Waals surface area (Å²) < 4.78 is 6.97. The fourth-order valence-electron chi connectivity index (χ4n) is 2.47. The van der Waals surface area contributed by atoms with E-state index < -0.39 is 0 Å². The highest BCUT2D eigenvalue weighted by atomic mass is 35.5. The van der Waals surface area contributed by atoms with Crippen LogP contribution < -0.4 is 4.74 Å². The normalized spacial score (nSPS) is 11.1. The first-order valence-corrected chi connectivity index (χ1v) is 8.52. The minimum absolute atomic E-state index is 0.719. The number of hydrogen-bond donors (Lipinski definition) is 0. The Bertz CT molecular complexity index is 993. The number of ether oxygens (including phenoxy) is 1. The van der Waals surface area contributed by atoms with Crippen LogP contribution in [0.25, 0.3) is 16.3 Å². The van der Waals surface area contributed by atoms with Crippen molar-refractivity contribution in [1.29, 1.82) is 0 Å². The Balaban J connectivity index is 1.67. The molecular weight excluding hydrogens is 344 g/mol. The summed E-state index contributed by atoms with van der Waals surface area (Å²) in [5, 5.41) is 14.8. The van der Waals surface area contributed by atoms with E-state index in [0.29, 0.717) is 0 Å². The van der Waals surface area contributed by atoms with Crippen LogP contribution in [0.1, 0.15) is 10.6 Å². The lowest BCUT2D eigenvalue weighted by Crippen LogP contribution is -1.94. The Labute approximate surface area is 147 Å². The molecule has 0 radical (unpaired) electrons. The second-order valence-electron chi connectivity index (χ2n) is 5.25. The van der Waals surface area contributed by atoms with Crippen molar-refractivity contribution in [3.05, 3.63) is 64.1 Å². The molecule has 0 fully saturated rings. The van der Waals surface area contributed by atoms with Gasteiger partial charge in [-0.15, -0.1) is 10.2 Å². The van der Waals surface area contributed by atoms with Crippen LogP contribution in [-0.2, 0) is 6.42 Å². The van der Waals surface area contributed by atoms with Crippen LogP contribution in [0.4, 0.5) is 0 Å². The molecule has 0 aliphatic carbocycles. The van der Waals surface area contributed by atoms with Gasteiger partial charge in [-0.3, -0.25) is 0 Å². The van der Waals surface area contributed by atoms with E-state index >= 15 is 0 Å². The van der Waals surface area contributed by atoms with Gasteiger partial charge < -0.3 is 4.74 Å². The molecular formula is C17H13ClN4OS. The first kappa shape index (κ1) is 15.1. The minimum atomic E-state index is 0.719. The van der Waals surface area contributed by atoms with Gasteiger partial charge in [0, 0.05) is 17.0 Å². The average Bonchev–Trinajstić information content (AvgIpc) is 3.15. The summed E-state index contributed by atoms with van der Waals surface area (Å²) in [4.78, 5) is 0.776. The SMILES string of the molecule is COc1ccc(-c2nnc3sc(Cc4cccc(Cl)c4)nn23)cc1. The molecule has 120 valence electrons. The van der Waals surface area contributed by atoms with Crippen molar-refractivity contribution >= 4 is 27.9 Å². The second-order valence-corrected chi connectivity index (χ2v) is 6.73. The van der Waals surface area contributed by atoms with E-state index in [9.17, 15) is 0 Å². The van der Waals surface area contributed by atoms with Crippen LogP contribution in [-0.4, -0.2) is 26.9 Å².